The lowest BCUT2D eigenvalue weighted by molar-refractivity contribution is 0.794. The lowest BCUT2D eigenvalue weighted by Crippen LogP contribution is -2.40. The van der Waals surface area contributed by atoms with Gasteiger partial charge in [0, 0.05) is 42.5 Å². The fraction of sp³-hybridized carbons (Fsp3) is 0.455. The highest BCUT2D eigenvalue weighted by Gasteiger charge is 2.13. The summed E-state index contributed by atoms with van der Waals surface area (Å²) in [6.45, 7) is 8.90. The van der Waals surface area contributed by atoms with Gasteiger partial charge in [-0.2, -0.15) is 0 Å². The molecule has 1 saturated heterocycles. The van der Waals surface area contributed by atoms with Gasteiger partial charge in [0.2, 0.25) is 0 Å². The summed E-state index contributed by atoms with van der Waals surface area (Å²) >= 11 is 1.87. The fourth-order valence-electron chi connectivity index (χ4n) is 3.17. The summed E-state index contributed by atoms with van der Waals surface area (Å²) in [5.74, 6) is 1.94. The van der Waals surface area contributed by atoms with Gasteiger partial charge in [-0.1, -0.05) is 31.2 Å². The van der Waals surface area contributed by atoms with Crippen LogP contribution in [-0.4, -0.2) is 42.4 Å². The van der Waals surface area contributed by atoms with Crippen molar-refractivity contribution in [3.05, 3.63) is 54.2 Å². The third kappa shape index (κ3) is 6.44. The number of hydrogen-bond acceptors (Lipinski definition) is 4. The molecule has 1 fully saturated rings. The minimum absolute atomic E-state index is 0.452. The molecule has 150 valence electrons. The van der Waals surface area contributed by atoms with Gasteiger partial charge in [-0.05, 0) is 43.5 Å². The SMILES string of the molecule is CCNC(=NCc1ccc(N2CCCC2)nc1)NCC(C)Sc1ccccc1. The fourth-order valence-corrected chi connectivity index (χ4v) is 4.11. The molecule has 5 nitrogen and oxygen atoms in total. The molecule has 1 unspecified atom stereocenters. The van der Waals surface area contributed by atoms with Crippen LogP contribution in [0.1, 0.15) is 32.3 Å². The van der Waals surface area contributed by atoms with E-state index in [4.69, 9.17) is 4.99 Å². The van der Waals surface area contributed by atoms with E-state index >= 15 is 0 Å². The molecule has 0 saturated carbocycles. The molecule has 28 heavy (non-hydrogen) atoms. The van der Waals surface area contributed by atoms with Gasteiger partial charge in [-0.25, -0.2) is 9.98 Å². The Labute approximate surface area is 173 Å². The van der Waals surface area contributed by atoms with E-state index in [-0.39, 0.29) is 0 Å². The monoisotopic (exact) mass is 397 g/mol. The highest BCUT2D eigenvalue weighted by molar-refractivity contribution is 8.00. The first kappa shape index (κ1) is 20.5. The Morgan fingerprint density at radius 3 is 2.61 bits per heavy atom. The van der Waals surface area contributed by atoms with Crippen LogP contribution in [0.5, 0.6) is 0 Å². The lowest BCUT2D eigenvalue weighted by atomic mass is 10.3. The molecule has 1 aromatic carbocycles. The van der Waals surface area contributed by atoms with E-state index in [1.165, 1.54) is 17.7 Å². The van der Waals surface area contributed by atoms with E-state index in [0.717, 1.165) is 43.5 Å². The molecule has 0 spiro atoms. The van der Waals surface area contributed by atoms with Crippen LogP contribution in [0.2, 0.25) is 0 Å². The topological polar surface area (TPSA) is 52.6 Å². The summed E-state index contributed by atoms with van der Waals surface area (Å²) in [4.78, 5) is 13.0. The summed E-state index contributed by atoms with van der Waals surface area (Å²) in [5.41, 5.74) is 1.13. The normalized spacial score (nSPS) is 15.5. The van der Waals surface area contributed by atoms with Crippen molar-refractivity contribution in [3.8, 4) is 0 Å². The first-order chi connectivity index (χ1) is 13.7. The van der Waals surface area contributed by atoms with Gasteiger partial charge < -0.3 is 15.5 Å². The number of pyridine rings is 1. The second kappa shape index (κ2) is 11.0. The summed E-state index contributed by atoms with van der Waals surface area (Å²) in [6, 6.07) is 14.8. The van der Waals surface area contributed by atoms with Crippen LogP contribution in [0, 0.1) is 0 Å². The molecule has 6 heteroatoms. The van der Waals surface area contributed by atoms with Crippen LogP contribution >= 0.6 is 11.8 Å². The van der Waals surface area contributed by atoms with Gasteiger partial charge in [-0.3, -0.25) is 0 Å². The smallest absolute Gasteiger partial charge is 0.191 e. The maximum absolute atomic E-state index is 4.72. The molecule has 2 aromatic rings. The van der Waals surface area contributed by atoms with Crippen LogP contribution in [0.25, 0.3) is 0 Å². The van der Waals surface area contributed by atoms with Crippen LogP contribution in [0.15, 0.2) is 58.5 Å². The highest BCUT2D eigenvalue weighted by atomic mass is 32.2. The standard InChI is InChI=1S/C22H31N5S/c1-3-23-22(25-15-18(2)28-20-9-5-4-6-10-20)26-17-19-11-12-21(24-16-19)27-13-7-8-14-27/h4-6,9-12,16,18H,3,7-8,13-15,17H2,1-2H3,(H2,23,25,26). The second-order valence-corrected chi connectivity index (χ2v) is 8.55. The van der Waals surface area contributed by atoms with Crippen molar-refractivity contribution in [1.82, 2.24) is 15.6 Å². The number of benzene rings is 1. The van der Waals surface area contributed by atoms with Crippen molar-refractivity contribution in [2.24, 2.45) is 4.99 Å². The summed E-state index contributed by atoms with van der Waals surface area (Å²) < 4.78 is 0. The van der Waals surface area contributed by atoms with Crippen molar-refractivity contribution in [1.29, 1.82) is 0 Å². The number of hydrogen-bond donors (Lipinski definition) is 2. The molecular weight excluding hydrogens is 366 g/mol. The van der Waals surface area contributed by atoms with Crippen molar-refractivity contribution >= 4 is 23.5 Å². The van der Waals surface area contributed by atoms with Crippen molar-refractivity contribution < 1.29 is 0 Å². The summed E-state index contributed by atoms with van der Waals surface area (Å²) in [5, 5.41) is 7.24. The van der Waals surface area contributed by atoms with Gasteiger partial charge >= 0.3 is 0 Å². The van der Waals surface area contributed by atoms with Crippen LogP contribution in [-0.2, 0) is 6.54 Å². The number of anilines is 1. The molecular formula is C22H31N5S. The molecule has 2 heterocycles. The maximum Gasteiger partial charge on any atom is 0.191 e. The summed E-state index contributed by atoms with van der Waals surface area (Å²) in [6.07, 6.45) is 4.49. The van der Waals surface area contributed by atoms with E-state index < -0.39 is 0 Å². The minimum Gasteiger partial charge on any atom is -0.357 e. The number of aromatic nitrogens is 1. The first-order valence-corrected chi connectivity index (χ1v) is 11.1. The van der Waals surface area contributed by atoms with Crippen LogP contribution < -0.4 is 15.5 Å². The predicted octanol–water partition coefficient (Wildman–Crippen LogP) is 3.92. The zero-order valence-electron chi connectivity index (χ0n) is 16.9. The van der Waals surface area contributed by atoms with Gasteiger partial charge in [0.25, 0.3) is 0 Å². The number of nitrogens with one attached hydrogen (secondary N) is 2. The average Bonchev–Trinajstić information content (AvgIpc) is 3.26. The molecule has 1 atom stereocenters. The number of rotatable bonds is 8. The molecule has 0 amide bonds. The number of guanidine groups is 1. The van der Waals surface area contributed by atoms with Gasteiger partial charge in [-0.15, -0.1) is 11.8 Å². The minimum atomic E-state index is 0.452. The van der Waals surface area contributed by atoms with E-state index in [0.29, 0.717) is 11.8 Å². The largest absolute Gasteiger partial charge is 0.357 e. The third-order valence-electron chi connectivity index (χ3n) is 4.64. The Hall–Kier alpha value is -2.21. The Kier molecular flexibility index (Phi) is 8.03. The van der Waals surface area contributed by atoms with Gasteiger partial charge in [0.1, 0.15) is 5.82 Å². The molecule has 0 bridgehead atoms. The molecule has 2 N–H and O–H groups in total. The van der Waals surface area contributed by atoms with Crippen molar-refractivity contribution in [2.45, 2.75) is 43.4 Å². The zero-order chi connectivity index (χ0) is 19.6. The Balaban J connectivity index is 1.50. The molecule has 1 aromatic heterocycles. The molecule has 3 rings (SSSR count). The summed E-state index contributed by atoms with van der Waals surface area (Å²) in [7, 11) is 0. The Bertz CT molecular complexity index is 726. The van der Waals surface area contributed by atoms with E-state index in [2.05, 4.69) is 76.8 Å². The number of thioether (sulfide) groups is 1. The average molecular weight is 398 g/mol. The quantitative estimate of drug-likeness (QED) is 0.402. The molecule has 0 aliphatic carbocycles. The van der Waals surface area contributed by atoms with Crippen molar-refractivity contribution in [3.63, 3.8) is 0 Å². The Morgan fingerprint density at radius 1 is 1.14 bits per heavy atom. The van der Waals surface area contributed by atoms with Crippen LogP contribution in [0.4, 0.5) is 5.82 Å². The number of aliphatic imine (C=N–C) groups is 1. The Morgan fingerprint density at radius 2 is 1.93 bits per heavy atom. The molecule has 1 aliphatic rings. The van der Waals surface area contributed by atoms with Gasteiger partial charge in [0.15, 0.2) is 5.96 Å². The zero-order valence-corrected chi connectivity index (χ0v) is 17.7. The van der Waals surface area contributed by atoms with Crippen LogP contribution in [0.3, 0.4) is 0 Å². The third-order valence-corrected chi connectivity index (χ3v) is 5.75. The maximum atomic E-state index is 4.72. The van der Waals surface area contributed by atoms with Crippen molar-refractivity contribution in [2.75, 3.05) is 31.1 Å². The molecule has 1 aliphatic heterocycles. The lowest BCUT2D eigenvalue weighted by Gasteiger charge is -2.17. The predicted molar refractivity (Wildman–Crippen MR) is 120 cm³/mol. The first-order valence-electron chi connectivity index (χ1n) is 10.2. The van der Waals surface area contributed by atoms with E-state index in [1.54, 1.807) is 0 Å². The van der Waals surface area contributed by atoms with E-state index in [9.17, 15) is 0 Å². The van der Waals surface area contributed by atoms with E-state index in [1.807, 2.05) is 18.0 Å². The number of nitrogens with zero attached hydrogens (tertiary/aromatic N) is 3. The second-order valence-electron chi connectivity index (χ2n) is 7.04. The highest BCUT2D eigenvalue weighted by Crippen LogP contribution is 2.22. The molecule has 0 radical (unpaired) electrons. The van der Waals surface area contributed by atoms with Gasteiger partial charge in [0.05, 0.1) is 6.54 Å².